The Morgan fingerprint density at radius 3 is 2.27 bits per heavy atom. The van der Waals surface area contributed by atoms with Gasteiger partial charge in [0.25, 0.3) is 5.91 Å². The van der Waals surface area contributed by atoms with Crippen LogP contribution in [0.25, 0.3) is 11.1 Å². The maximum Gasteiger partial charge on any atom is 0.251 e. The topological polar surface area (TPSA) is 170 Å². The number of carbonyl (C=O) groups is 2. The summed E-state index contributed by atoms with van der Waals surface area (Å²) in [5.74, 6) is -4.37. The molecule has 2 aromatic rings. The highest BCUT2D eigenvalue weighted by Gasteiger charge is 2.59. The summed E-state index contributed by atoms with van der Waals surface area (Å²) in [4.78, 5) is 28.1. The third-order valence-electron chi connectivity index (χ3n) is 8.96. The SMILES string of the molecule is CN(C)[C@@H]1C(O)=C(C(N)=O)C(C)(O)C2C(O)=C3C(=O)c4c(O)ccc(-c5ccc(CC(C)(C)N)cc5)c4CC3CC21. The van der Waals surface area contributed by atoms with Gasteiger partial charge in [-0.25, -0.2) is 0 Å². The zero-order valence-electron chi connectivity index (χ0n) is 24.1. The minimum absolute atomic E-state index is 0.120. The van der Waals surface area contributed by atoms with Gasteiger partial charge in [-0.05, 0) is 94.3 Å². The number of phenolic OH excluding ortho intramolecular Hbond substituents is 1. The van der Waals surface area contributed by atoms with Crippen molar-refractivity contribution in [3.63, 3.8) is 0 Å². The van der Waals surface area contributed by atoms with Crippen molar-refractivity contribution in [3.8, 4) is 16.9 Å². The largest absolute Gasteiger partial charge is 0.511 e. The van der Waals surface area contributed by atoms with E-state index in [2.05, 4.69) is 0 Å². The molecule has 0 heterocycles. The number of carbonyl (C=O) groups excluding carboxylic acids is 2. The fourth-order valence-electron chi connectivity index (χ4n) is 7.49. The third-order valence-corrected chi connectivity index (χ3v) is 8.96. The van der Waals surface area contributed by atoms with Crippen molar-refractivity contribution in [3.05, 3.63) is 75.8 Å². The number of aliphatic hydroxyl groups is 3. The number of aliphatic hydroxyl groups excluding tert-OH is 2. The van der Waals surface area contributed by atoms with Crippen LogP contribution >= 0.6 is 0 Å². The maximum absolute atomic E-state index is 14.0. The van der Waals surface area contributed by atoms with Crippen molar-refractivity contribution in [2.45, 2.75) is 57.2 Å². The summed E-state index contributed by atoms with van der Waals surface area (Å²) >= 11 is 0. The lowest BCUT2D eigenvalue weighted by atomic mass is 9.56. The molecule has 2 aromatic carbocycles. The van der Waals surface area contributed by atoms with E-state index in [4.69, 9.17) is 11.5 Å². The lowest BCUT2D eigenvalue weighted by Gasteiger charge is -2.52. The summed E-state index contributed by atoms with van der Waals surface area (Å²) in [6.45, 7) is 5.26. The molecule has 5 rings (SSSR count). The number of likely N-dealkylation sites (N-methyl/N-ethyl adjacent to an activating group) is 1. The molecule has 8 N–H and O–H groups in total. The fourth-order valence-corrected chi connectivity index (χ4v) is 7.49. The Hall–Kier alpha value is -3.66. The Kier molecular flexibility index (Phi) is 6.84. The molecule has 0 aromatic heterocycles. The number of hydrogen-bond donors (Lipinski definition) is 6. The van der Waals surface area contributed by atoms with E-state index in [1.165, 1.54) is 13.0 Å². The number of primary amides is 1. The average molecular weight is 562 g/mol. The standard InChI is InChI=1S/C32H39N3O6/c1-31(2,34)14-15-6-8-16(9-7-15)18-10-11-21(36)23-19(18)12-17-13-20-24(28(38)22(17)27(23)37)32(3,41)25(30(33)40)29(39)26(20)35(4)5/h6-11,17,20,24,26,36,38-39,41H,12-14,34H2,1-5H3,(H2,33,40)/t17?,20?,24?,26-,32?/m0/s1. The van der Waals surface area contributed by atoms with E-state index in [1.54, 1.807) is 25.1 Å². The van der Waals surface area contributed by atoms with Gasteiger partial charge >= 0.3 is 0 Å². The predicted molar refractivity (Wildman–Crippen MR) is 155 cm³/mol. The quantitative estimate of drug-likeness (QED) is 0.323. The van der Waals surface area contributed by atoms with Crippen LogP contribution in [-0.4, -0.2) is 68.3 Å². The van der Waals surface area contributed by atoms with Crippen molar-refractivity contribution in [2.75, 3.05) is 14.1 Å². The van der Waals surface area contributed by atoms with Gasteiger partial charge in [-0.2, -0.15) is 0 Å². The van der Waals surface area contributed by atoms with Gasteiger partial charge in [0.1, 0.15) is 22.9 Å². The van der Waals surface area contributed by atoms with Gasteiger partial charge < -0.3 is 31.9 Å². The lowest BCUT2D eigenvalue weighted by Crippen LogP contribution is -2.59. The van der Waals surface area contributed by atoms with Crippen LogP contribution in [0.2, 0.25) is 0 Å². The van der Waals surface area contributed by atoms with Gasteiger partial charge in [0.05, 0.1) is 23.1 Å². The molecule has 3 aliphatic carbocycles. The second kappa shape index (κ2) is 9.72. The number of aromatic hydroxyl groups is 1. The highest BCUT2D eigenvalue weighted by molar-refractivity contribution is 6.14. The third kappa shape index (κ3) is 4.62. The molecule has 218 valence electrons. The Bertz CT molecular complexity index is 1500. The number of amides is 1. The molecule has 0 spiro atoms. The Morgan fingerprint density at radius 1 is 1.07 bits per heavy atom. The monoisotopic (exact) mass is 561 g/mol. The van der Waals surface area contributed by atoms with E-state index in [-0.39, 0.29) is 39.5 Å². The highest BCUT2D eigenvalue weighted by Crippen LogP contribution is 2.55. The van der Waals surface area contributed by atoms with Crippen LogP contribution < -0.4 is 11.5 Å². The highest BCUT2D eigenvalue weighted by atomic mass is 16.3. The van der Waals surface area contributed by atoms with Gasteiger partial charge in [0.2, 0.25) is 0 Å². The average Bonchev–Trinajstić information content (AvgIpc) is 2.82. The number of nitrogens with zero attached hydrogens (tertiary/aromatic N) is 1. The number of nitrogens with two attached hydrogens (primary N) is 2. The van der Waals surface area contributed by atoms with E-state index in [0.717, 1.165) is 16.7 Å². The smallest absolute Gasteiger partial charge is 0.251 e. The van der Waals surface area contributed by atoms with Crippen molar-refractivity contribution in [2.24, 2.45) is 29.2 Å². The number of fused-ring (bicyclic) bond motifs is 3. The molecule has 0 saturated heterocycles. The number of allylic oxidation sites excluding steroid dienone is 1. The minimum atomic E-state index is -2.01. The van der Waals surface area contributed by atoms with Crippen molar-refractivity contribution in [1.29, 1.82) is 0 Å². The molecule has 0 saturated carbocycles. The van der Waals surface area contributed by atoms with Crippen molar-refractivity contribution < 1.29 is 30.0 Å². The molecule has 0 bridgehead atoms. The van der Waals surface area contributed by atoms with Crippen LogP contribution in [0, 0.1) is 17.8 Å². The molecular formula is C32H39N3O6. The number of hydrogen-bond acceptors (Lipinski definition) is 8. The van der Waals surface area contributed by atoms with Crippen LogP contribution in [0.5, 0.6) is 5.75 Å². The molecular weight excluding hydrogens is 522 g/mol. The second-order valence-corrected chi connectivity index (χ2v) is 12.9. The molecule has 1 amide bonds. The van der Waals surface area contributed by atoms with Crippen LogP contribution in [0.4, 0.5) is 0 Å². The van der Waals surface area contributed by atoms with Gasteiger partial charge in [-0.1, -0.05) is 30.3 Å². The van der Waals surface area contributed by atoms with Gasteiger partial charge in [0.15, 0.2) is 5.78 Å². The van der Waals surface area contributed by atoms with Gasteiger partial charge in [-0.15, -0.1) is 0 Å². The minimum Gasteiger partial charge on any atom is -0.511 e. The first-order valence-corrected chi connectivity index (χ1v) is 13.9. The summed E-state index contributed by atoms with van der Waals surface area (Å²) in [7, 11) is 3.47. The molecule has 3 aliphatic rings. The maximum atomic E-state index is 14.0. The fraction of sp³-hybridized carbons (Fsp3) is 0.438. The number of benzene rings is 2. The second-order valence-electron chi connectivity index (χ2n) is 12.9. The molecule has 0 fully saturated rings. The van der Waals surface area contributed by atoms with Crippen LogP contribution in [0.15, 0.2) is 59.1 Å². The summed E-state index contributed by atoms with van der Waals surface area (Å²) in [6, 6.07) is 10.5. The molecule has 9 heteroatoms. The summed E-state index contributed by atoms with van der Waals surface area (Å²) in [5, 5.41) is 45.2. The molecule has 4 unspecified atom stereocenters. The molecule has 9 nitrogen and oxygen atoms in total. The predicted octanol–water partition coefficient (Wildman–Crippen LogP) is 3.13. The normalized spacial score (nSPS) is 28.0. The van der Waals surface area contributed by atoms with Crippen LogP contribution in [0.3, 0.4) is 0 Å². The summed E-state index contributed by atoms with van der Waals surface area (Å²) in [6.07, 6.45) is 1.41. The first-order chi connectivity index (χ1) is 19.0. The van der Waals surface area contributed by atoms with E-state index in [0.29, 0.717) is 24.8 Å². The molecule has 5 atom stereocenters. The zero-order valence-corrected chi connectivity index (χ0v) is 24.1. The Balaban J connectivity index is 1.63. The molecule has 41 heavy (non-hydrogen) atoms. The van der Waals surface area contributed by atoms with Crippen molar-refractivity contribution >= 4 is 11.7 Å². The Morgan fingerprint density at radius 2 is 1.71 bits per heavy atom. The lowest BCUT2D eigenvalue weighted by molar-refractivity contribution is -0.120. The van der Waals surface area contributed by atoms with Gasteiger partial charge in [-0.3, -0.25) is 14.5 Å². The number of Topliss-reactive ketones (excluding diaryl/α,β-unsaturated/α-hetero) is 1. The van der Waals surface area contributed by atoms with E-state index >= 15 is 0 Å². The van der Waals surface area contributed by atoms with Crippen LogP contribution in [0.1, 0.15) is 48.7 Å². The van der Waals surface area contributed by atoms with E-state index in [1.807, 2.05) is 38.1 Å². The van der Waals surface area contributed by atoms with Gasteiger partial charge in [0, 0.05) is 11.1 Å². The molecule has 0 radical (unpaired) electrons. The van der Waals surface area contributed by atoms with Crippen LogP contribution in [-0.2, 0) is 17.6 Å². The van der Waals surface area contributed by atoms with E-state index < -0.39 is 41.1 Å². The van der Waals surface area contributed by atoms with E-state index in [9.17, 15) is 30.0 Å². The first-order valence-electron chi connectivity index (χ1n) is 13.9. The zero-order chi connectivity index (χ0) is 30.2. The summed E-state index contributed by atoms with van der Waals surface area (Å²) in [5.41, 5.74) is 12.7. The number of rotatable bonds is 5. The number of ketones is 1. The van der Waals surface area contributed by atoms with Crippen molar-refractivity contribution in [1.82, 2.24) is 4.90 Å². The number of phenols is 1. The molecule has 0 aliphatic heterocycles. The first kappa shape index (κ1) is 28.9. The Labute approximate surface area is 239 Å². The summed E-state index contributed by atoms with van der Waals surface area (Å²) < 4.78 is 0.